The minimum atomic E-state index is -0.915. The molecule has 1 aliphatic rings. The van der Waals surface area contributed by atoms with Gasteiger partial charge in [-0.1, -0.05) is 0 Å². The molecule has 1 amide bonds. The average Bonchev–Trinajstić information content (AvgIpc) is 2.62. The Morgan fingerprint density at radius 3 is 2.50 bits per heavy atom. The summed E-state index contributed by atoms with van der Waals surface area (Å²) in [6.07, 6.45) is 0.0813. The van der Waals surface area contributed by atoms with E-state index in [4.69, 9.17) is 5.11 Å². The van der Waals surface area contributed by atoms with E-state index in [1.165, 1.54) is 4.90 Å². The Morgan fingerprint density at radius 1 is 1.38 bits per heavy atom. The van der Waals surface area contributed by atoms with Crippen LogP contribution < -0.4 is 4.90 Å². The first-order valence-corrected chi connectivity index (χ1v) is 5.35. The van der Waals surface area contributed by atoms with Crippen LogP contribution in [0.25, 0.3) is 0 Å². The van der Waals surface area contributed by atoms with Crippen molar-refractivity contribution in [2.45, 2.75) is 11.3 Å². The fourth-order valence-electron chi connectivity index (χ4n) is 1.76. The van der Waals surface area contributed by atoms with Gasteiger partial charge < -0.3 is 10.0 Å². The number of nitrogens with zero attached hydrogens (tertiary/aromatic N) is 1. The average molecular weight is 237 g/mol. The Kier molecular flexibility index (Phi) is 2.87. The number of carbonyl (C=O) groups excluding carboxylic acids is 1. The molecule has 0 aromatic heterocycles. The lowest BCUT2D eigenvalue weighted by atomic mass is 10.1. The van der Waals surface area contributed by atoms with Crippen LogP contribution in [0.3, 0.4) is 0 Å². The molecule has 1 atom stereocenters. The number of carboxylic acids is 1. The molecule has 0 radical (unpaired) electrons. The van der Waals surface area contributed by atoms with Crippen LogP contribution in [0.4, 0.5) is 5.69 Å². The second-order valence-electron chi connectivity index (χ2n) is 3.76. The molecule has 1 heterocycles. The van der Waals surface area contributed by atoms with Crippen LogP contribution >= 0.6 is 12.6 Å². The van der Waals surface area contributed by atoms with Crippen LogP contribution in [0.2, 0.25) is 0 Å². The third-order valence-electron chi connectivity index (χ3n) is 2.64. The molecule has 16 heavy (non-hydrogen) atoms. The first-order chi connectivity index (χ1) is 7.58. The van der Waals surface area contributed by atoms with Crippen molar-refractivity contribution < 1.29 is 14.7 Å². The van der Waals surface area contributed by atoms with Gasteiger partial charge in [0.2, 0.25) is 5.91 Å². The molecule has 1 fully saturated rings. The van der Waals surface area contributed by atoms with Crippen LogP contribution in [0, 0.1) is 5.92 Å². The van der Waals surface area contributed by atoms with Gasteiger partial charge in [0, 0.05) is 23.5 Å². The van der Waals surface area contributed by atoms with Crippen LogP contribution in [0.5, 0.6) is 0 Å². The van der Waals surface area contributed by atoms with E-state index in [0.717, 1.165) is 10.6 Å². The van der Waals surface area contributed by atoms with Crippen molar-refractivity contribution in [1.82, 2.24) is 0 Å². The monoisotopic (exact) mass is 237 g/mol. The van der Waals surface area contributed by atoms with Crippen LogP contribution in [-0.4, -0.2) is 23.5 Å². The predicted octanol–water partition coefficient (Wildman–Crippen LogP) is 1.41. The Bertz CT molecular complexity index is 429. The van der Waals surface area contributed by atoms with Crippen LogP contribution in [0.1, 0.15) is 6.42 Å². The SMILES string of the molecule is O=C(O)C1CC(=O)N(c2ccc(S)cc2)C1. The number of carbonyl (C=O) groups is 2. The van der Waals surface area contributed by atoms with E-state index in [0.29, 0.717) is 0 Å². The minimum Gasteiger partial charge on any atom is -0.481 e. The molecule has 1 aliphatic heterocycles. The van der Waals surface area contributed by atoms with E-state index in [9.17, 15) is 9.59 Å². The van der Waals surface area contributed by atoms with Gasteiger partial charge in [0.15, 0.2) is 0 Å². The molecule has 1 saturated heterocycles. The highest BCUT2D eigenvalue weighted by Gasteiger charge is 2.34. The van der Waals surface area contributed by atoms with Gasteiger partial charge >= 0.3 is 5.97 Å². The van der Waals surface area contributed by atoms with Crippen molar-refractivity contribution in [3.63, 3.8) is 0 Å². The molecule has 1 aromatic rings. The maximum Gasteiger partial charge on any atom is 0.308 e. The summed E-state index contributed by atoms with van der Waals surface area (Å²) in [6.45, 7) is 0.250. The van der Waals surface area contributed by atoms with Gasteiger partial charge in [-0.25, -0.2) is 0 Å². The lowest BCUT2D eigenvalue weighted by Gasteiger charge is -2.15. The molecule has 0 spiro atoms. The minimum absolute atomic E-state index is 0.0813. The summed E-state index contributed by atoms with van der Waals surface area (Å²) in [6, 6.07) is 7.09. The van der Waals surface area contributed by atoms with Crippen molar-refractivity contribution in [3.05, 3.63) is 24.3 Å². The third-order valence-corrected chi connectivity index (χ3v) is 2.93. The van der Waals surface area contributed by atoms with E-state index < -0.39 is 11.9 Å². The first-order valence-electron chi connectivity index (χ1n) is 4.90. The summed E-state index contributed by atoms with van der Waals surface area (Å²) in [5.41, 5.74) is 0.728. The molecule has 0 aliphatic carbocycles. The predicted molar refractivity (Wildman–Crippen MR) is 61.8 cm³/mol. The van der Waals surface area contributed by atoms with E-state index in [-0.39, 0.29) is 18.9 Å². The smallest absolute Gasteiger partial charge is 0.308 e. The fourth-order valence-corrected chi connectivity index (χ4v) is 1.90. The number of aliphatic carboxylic acids is 1. The van der Waals surface area contributed by atoms with E-state index in [1.807, 2.05) is 0 Å². The number of carboxylic acid groups (broad SMARTS) is 1. The summed E-state index contributed by atoms with van der Waals surface area (Å²) in [7, 11) is 0. The molecular weight excluding hydrogens is 226 g/mol. The maximum absolute atomic E-state index is 11.6. The summed E-state index contributed by atoms with van der Waals surface area (Å²) in [5, 5.41) is 8.85. The van der Waals surface area contributed by atoms with Crippen molar-refractivity contribution in [2.75, 3.05) is 11.4 Å². The fraction of sp³-hybridized carbons (Fsp3) is 0.273. The van der Waals surface area contributed by atoms with E-state index in [1.54, 1.807) is 24.3 Å². The Morgan fingerprint density at radius 2 is 2.00 bits per heavy atom. The standard InChI is InChI=1S/C11H11NO3S/c13-10-5-7(11(14)15)6-12(10)8-1-3-9(16)4-2-8/h1-4,7,16H,5-6H2,(H,14,15). The zero-order chi connectivity index (χ0) is 11.7. The zero-order valence-corrected chi connectivity index (χ0v) is 9.35. The van der Waals surface area contributed by atoms with Gasteiger partial charge in [0.1, 0.15) is 0 Å². The van der Waals surface area contributed by atoms with Gasteiger partial charge in [-0.2, -0.15) is 0 Å². The van der Waals surface area contributed by atoms with Gasteiger partial charge in [-0.05, 0) is 24.3 Å². The van der Waals surface area contributed by atoms with Crippen molar-refractivity contribution in [2.24, 2.45) is 5.92 Å². The molecule has 4 nitrogen and oxygen atoms in total. The number of hydrogen-bond acceptors (Lipinski definition) is 3. The molecule has 5 heteroatoms. The second kappa shape index (κ2) is 4.17. The van der Waals surface area contributed by atoms with Gasteiger partial charge in [-0.3, -0.25) is 9.59 Å². The molecule has 1 aromatic carbocycles. The van der Waals surface area contributed by atoms with Crippen molar-refractivity contribution in [3.8, 4) is 0 Å². The summed E-state index contributed by atoms with van der Waals surface area (Å²) < 4.78 is 0. The maximum atomic E-state index is 11.6. The normalized spacial score (nSPS) is 20.2. The molecule has 1 unspecified atom stereocenters. The number of thiol groups is 1. The third kappa shape index (κ3) is 2.04. The number of benzene rings is 1. The van der Waals surface area contributed by atoms with Gasteiger partial charge in [0.25, 0.3) is 0 Å². The topological polar surface area (TPSA) is 57.6 Å². The second-order valence-corrected chi connectivity index (χ2v) is 4.28. The number of anilines is 1. The number of amides is 1. The van der Waals surface area contributed by atoms with Crippen molar-refractivity contribution in [1.29, 1.82) is 0 Å². The van der Waals surface area contributed by atoms with Crippen LogP contribution in [0.15, 0.2) is 29.2 Å². The quantitative estimate of drug-likeness (QED) is 0.765. The number of rotatable bonds is 2. The Balaban J connectivity index is 2.20. The lowest BCUT2D eigenvalue weighted by molar-refractivity contribution is -0.141. The molecule has 2 rings (SSSR count). The largest absolute Gasteiger partial charge is 0.481 e. The summed E-state index contributed by atoms with van der Waals surface area (Å²) in [5.74, 6) is -1.65. The van der Waals surface area contributed by atoms with E-state index >= 15 is 0 Å². The Labute approximate surface area is 98.3 Å². The highest BCUT2D eigenvalue weighted by atomic mass is 32.1. The van der Waals surface area contributed by atoms with Gasteiger partial charge in [-0.15, -0.1) is 12.6 Å². The van der Waals surface area contributed by atoms with E-state index in [2.05, 4.69) is 12.6 Å². The molecular formula is C11H11NO3S. The lowest BCUT2D eigenvalue weighted by Crippen LogP contribution is -2.25. The zero-order valence-electron chi connectivity index (χ0n) is 8.46. The first kappa shape index (κ1) is 11.0. The highest BCUT2D eigenvalue weighted by Crippen LogP contribution is 2.25. The molecule has 84 valence electrons. The van der Waals surface area contributed by atoms with Crippen molar-refractivity contribution >= 4 is 30.2 Å². The highest BCUT2D eigenvalue weighted by molar-refractivity contribution is 7.80. The van der Waals surface area contributed by atoms with Gasteiger partial charge in [0.05, 0.1) is 5.92 Å². The molecule has 0 saturated carbocycles. The van der Waals surface area contributed by atoms with Crippen LogP contribution in [-0.2, 0) is 9.59 Å². The summed E-state index contributed by atoms with van der Waals surface area (Å²) >= 11 is 4.15. The Hall–Kier alpha value is -1.49. The molecule has 0 bridgehead atoms. The molecule has 1 N–H and O–H groups in total. The number of hydrogen-bond donors (Lipinski definition) is 2. The summed E-state index contributed by atoms with van der Waals surface area (Å²) in [4.78, 5) is 24.7.